The molecule has 6 heteroatoms. The van der Waals surface area contributed by atoms with Gasteiger partial charge in [-0.15, -0.1) is 0 Å². The molecule has 0 radical (unpaired) electrons. The molecule has 0 saturated heterocycles. The molecule has 3 aliphatic rings. The Kier molecular flexibility index (Phi) is 4.19. The summed E-state index contributed by atoms with van der Waals surface area (Å²) in [6.07, 6.45) is 5.73. The van der Waals surface area contributed by atoms with Crippen molar-refractivity contribution in [3.63, 3.8) is 0 Å². The standard InChI is InChI=1S/C20H27NO4S/c1-20-8-7-14-15(17(20)5-6-19(20)22)4-3-12-9-13(11-26(21,23)24)18(25-2)10-16(12)14/h9-10,14-15,17H,3-8,11H2,1-2H3,(H2,21,23,24). The number of benzene rings is 1. The zero-order chi connectivity index (χ0) is 18.7. The van der Waals surface area contributed by atoms with Crippen molar-refractivity contribution in [1.82, 2.24) is 0 Å². The van der Waals surface area contributed by atoms with Crippen molar-refractivity contribution in [3.05, 3.63) is 28.8 Å². The van der Waals surface area contributed by atoms with Crippen LogP contribution in [0.1, 0.15) is 61.6 Å². The normalized spacial score (nSPS) is 33.3. The summed E-state index contributed by atoms with van der Waals surface area (Å²) >= 11 is 0. The summed E-state index contributed by atoms with van der Waals surface area (Å²) in [5.41, 5.74) is 3.02. The highest BCUT2D eigenvalue weighted by Crippen LogP contribution is 2.59. The second kappa shape index (κ2) is 6.06. The van der Waals surface area contributed by atoms with Crippen molar-refractivity contribution in [2.24, 2.45) is 22.4 Å². The molecule has 2 fully saturated rings. The Labute approximate surface area is 155 Å². The Hall–Kier alpha value is -1.40. The Morgan fingerprint density at radius 3 is 2.69 bits per heavy atom. The summed E-state index contributed by atoms with van der Waals surface area (Å²) in [7, 11) is -2.03. The predicted molar refractivity (Wildman–Crippen MR) is 99.4 cm³/mol. The van der Waals surface area contributed by atoms with Gasteiger partial charge in [0.05, 0.1) is 12.9 Å². The van der Waals surface area contributed by atoms with Gasteiger partial charge in [0, 0.05) is 17.4 Å². The number of carbonyl (C=O) groups is 1. The second-order valence-electron chi connectivity index (χ2n) is 8.50. The summed E-state index contributed by atoms with van der Waals surface area (Å²) in [4.78, 5) is 12.4. The number of carbonyl (C=O) groups excluding carboxylic acids is 1. The lowest BCUT2D eigenvalue weighted by molar-refractivity contribution is -0.129. The van der Waals surface area contributed by atoms with Crippen molar-refractivity contribution < 1.29 is 17.9 Å². The van der Waals surface area contributed by atoms with Gasteiger partial charge >= 0.3 is 0 Å². The lowest BCUT2D eigenvalue weighted by Gasteiger charge is -2.48. The monoisotopic (exact) mass is 377 g/mol. The molecule has 0 spiro atoms. The van der Waals surface area contributed by atoms with E-state index < -0.39 is 10.0 Å². The number of rotatable bonds is 3. The molecule has 0 aromatic heterocycles. The predicted octanol–water partition coefficient (Wildman–Crippen LogP) is 2.91. The van der Waals surface area contributed by atoms with Crippen LogP contribution >= 0.6 is 0 Å². The number of hydrogen-bond donors (Lipinski definition) is 1. The van der Waals surface area contributed by atoms with E-state index in [1.807, 2.05) is 12.1 Å². The Bertz CT molecular complexity index is 863. The minimum absolute atomic E-state index is 0.129. The number of nitrogens with two attached hydrogens (primary N) is 1. The van der Waals surface area contributed by atoms with Crippen LogP contribution in [0.5, 0.6) is 5.75 Å². The molecule has 142 valence electrons. The molecular formula is C20H27NO4S. The Morgan fingerprint density at radius 2 is 2.00 bits per heavy atom. The zero-order valence-corrected chi connectivity index (χ0v) is 16.3. The van der Waals surface area contributed by atoms with E-state index in [4.69, 9.17) is 9.88 Å². The van der Waals surface area contributed by atoms with Gasteiger partial charge in [-0.2, -0.15) is 0 Å². The fourth-order valence-electron chi connectivity index (χ4n) is 5.94. The molecule has 4 rings (SSSR count). The number of methoxy groups -OCH3 is 1. The molecule has 2 saturated carbocycles. The van der Waals surface area contributed by atoms with Crippen molar-refractivity contribution in [2.45, 2.75) is 57.1 Å². The molecular weight excluding hydrogens is 350 g/mol. The molecule has 0 bridgehead atoms. The molecule has 1 aromatic rings. The minimum atomic E-state index is -3.60. The second-order valence-corrected chi connectivity index (χ2v) is 10.1. The fraction of sp³-hybridized carbons (Fsp3) is 0.650. The van der Waals surface area contributed by atoms with Crippen molar-refractivity contribution in [2.75, 3.05) is 7.11 Å². The number of sulfonamides is 1. The van der Waals surface area contributed by atoms with Crippen LogP contribution in [0.2, 0.25) is 0 Å². The topological polar surface area (TPSA) is 86.5 Å². The smallest absolute Gasteiger partial charge is 0.213 e. The number of Topliss-reactive ketones (excluding diaryl/α,β-unsaturated/α-hetero) is 1. The molecule has 1 aromatic carbocycles. The van der Waals surface area contributed by atoms with Crippen LogP contribution < -0.4 is 9.88 Å². The van der Waals surface area contributed by atoms with E-state index in [9.17, 15) is 13.2 Å². The van der Waals surface area contributed by atoms with E-state index in [1.54, 1.807) is 7.11 Å². The maximum absolute atomic E-state index is 12.4. The summed E-state index contributed by atoms with van der Waals surface area (Å²) in [5.74, 6) is 2.33. The van der Waals surface area contributed by atoms with E-state index in [0.717, 1.165) is 38.5 Å². The van der Waals surface area contributed by atoms with Crippen LogP contribution in [0.4, 0.5) is 0 Å². The van der Waals surface area contributed by atoms with Gasteiger partial charge in [-0.3, -0.25) is 4.79 Å². The molecule has 5 nitrogen and oxygen atoms in total. The summed E-state index contributed by atoms with van der Waals surface area (Å²) < 4.78 is 28.6. The molecule has 26 heavy (non-hydrogen) atoms. The van der Waals surface area contributed by atoms with E-state index in [1.165, 1.54) is 11.1 Å². The first-order chi connectivity index (χ1) is 12.2. The molecule has 0 heterocycles. The number of fused-ring (bicyclic) bond motifs is 5. The van der Waals surface area contributed by atoms with Crippen LogP contribution in [0, 0.1) is 17.3 Å². The maximum atomic E-state index is 12.4. The van der Waals surface area contributed by atoms with Crippen LogP contribution in [0.25, 0.3) is 0 Å². The van der Waals surface area contributed by atoms with Crippen LogP contribution in [-0.2, 0) is 27.0 Å². The number of primary sulfonamides is 1. The lowest BCUT2D eigenvalue weighted by Crippen LogP contribution is -2.42. The van der Waals surface area contributed by atoms with E-state index in [0.29, 0.717) is 34.8 Å². The average molecular weight is 378 g/mol. The summed E-state index contributed by atoms with van der Waals surface area (Å²) in [5, 5.41) is 5.24. The maximum Gasteiger partial charge on any atom is 0.213 e. The molecule has 0 aliphatic heterocycles. The molecule has 3 aliphatic carbocycles. The van der Waals surface area contributed by atoms with Gasteiger partial charge < -0.3 is 4.74 Å². The van der Waals surface area contributed by atoms with Crippen molar-refractivity contribution in [3.8, 4) is 5.75 Å². The average Bonchev–Trinajstić information content (AvgIpc) is 2.88. The summed E-state index contributed by atoms with van der Waals surface area (Å²) in [6, 6.07) is 4.01. The van der Waals surface area contributed by atoms with E-state index in [-0.39, 0.29) is 11.2 Å². The van der Waals surface area contributed by atoms with Gasteiger partial charge in [0.15, 0.2) is 0 Å². The molecule has 0 amide bonds. The first-order valence-electron chi connectivity index (χ1n) is 9.46. The highest BCUT2D eigenvalue weighted by atomic mass is 32.2. The highest BCUT2D eigenvalue weighted by Gasteiger charge is 2.54. The first-order valence-corrected chi connectivity index (χ1v) is 11.2. The zero-order valence-electron chi connectivity index (χ0n) is 15.5. The Morgan fingerprint density at radius 1 is 1.23 bits per heavy atom. The largest absolute Gasteiger partial charge is 0.496 e. The number of aryl methyl sites for hydroxylation is 1. The van der Waals surface area contributed by atoms with E-state index >= 15 is 0 Å². The number of ketones is 1. The first kappa shape index (κ1) is 18.0. The fourth-order valence-corrected chi connectivity index (χ4v) is 6.60. The molecule has 2 N–H and O–H groups in total. The third kappa shape index (κ3) is 2.78. The van der Waals surface area contributed by atoms with Crippen LogP contribution in [-0.4, -0.2) is 21.3 Å². The molecule has 4 atom stereocenters. The van der Waals surface area contributed by atoms with Crippen LogP contribution in [0.15, 0.2) is 12.1 Å². The summed E-state index contributed by atoms with van der Waals surface area (Å²) in [6.45, 7) is 2.18. The van der Waals surface area contributed by atoms with Gasteiger partial charge in [-0.25, -0.2) is 13.6 Å². The number of ether oxygens (including phenoxy) is 1. The Balaban J connectivity index is 1.72. The number of hydrogen-bond acceptors (Lipinski definition) is 4. The third-order valence-corrected chi connectivity index (χ3v) is 7.90. The highest BCUT2D eigenvalue weighted by molar-refractivity contribution is 7.88. The van der Waals surface area contributed by atoms with Gasteiger partial charge in [0.1, 0.15) is 11.5 Å². The van der Waals surface area contributed by atoms with Gasteiger partial charge in [0.2, 0.25) is 10.0 Å². The van der Waals surface area contributed by atoms with Gasteiger partial charge in [-0.1, -0.05) is 13.0 Å². The quantitative estimate of drug-likeness (QED) is 0.877. The third-order valence-electron chi connectivity index (χ3n) is 7.19. The molecule has 4 unspecified atom stereocenters. The van der Waals surface area contributed by atoms with Crippen molar-refractivity contribution in [1.29, 1.82) is 0 Å². The van der Waals surface area contributed by atoms with Gasteiger partial charge in [0.25, 0.3) is 0 Å². The SMILES string of the molecule is COc1cc2c(cc1CS(N)(=O)=O)CCC1C2CCC2(C)C(=O)CCC12. The van der Waals surface area contributed by atoms with Gasteiger partial charge in [-0.05, 0) is 67.1 Å². The van der Waals surface area contributed by atoms with Crippen molar-refractivity contribution >= 4 is 15.8 Å². The lowest BCUT2D eigenvalue weighted by atomic mass is 9.55. The van der Waals surface area contributed by atoms with Crippen LogP contribution in [0.3, 0.4) is 0 Å². The minimum Gasteiger partial charge on any atom is -0.496 e. The van der Waals surface area contributed by atoms with E-state index in [2.05, 4.69) is 6.92 Å².